The number of hydrogen-bond acceptors (Lipinski definition) is 4. The number of guanidine groups is 2. The topological polar surface area (TPSA) is 65.2 Å². The van der Waals surface area contributed by atoms with E-state index in [1.54, 1.807) is 6.26 Å². The Hall–Kier alpha value is -1.98. The van der Waals surface area contributed by atoms with Crippen LogP contribution in [0.25, 0.3) is 0 Å². The van der Waals surface area contributed by atoms with E-state index in [-0.39, 0.29) is 6.17 Å². The van der Waals surface area contributed by atoms with E-state index in [4.69, 9.17) is 4.42 Å². The van der Waals surface area contributed by atoms with Crippen LogP contribution in [0.2, 0.25) is 0 Å². The zero-order valence-electron chi connectivity index (χ0n) is 11.9. The second-order valence-corrected chi connectivity index (χ2v) is 4.77. The molecule has 0 amide bonds. The maximum absolute atomic E-state index is 5.27. The molecule has 2 N–H and O–H groups in total. The van der Waals surface area contributed by atoms with Crippen molar-refractivity contribution in [2.45, 2.75) is 26.4 Å². The summed E-state index contributed by atoms with van der Waals surface area (Å²) in [7, 11) is 3.91. The van der Waals surface area contributed by atoms with E-state index < -0.39 is 0 Å². The molecule has 0 radical (unpaired) electrons. The Kier molecular flexibility index (Phi) is 4.09. The fraction of sp³-hybridized carbons (Fsp3) is 0.538. The largest absolute Gasteiger partial charge is 0.469 e. The zero-order chi connectivity index (χ0) is 13.8. The lowest BCUT2D eigenvalue weighted by Gasteiger charge is -2.26. The van der Waals surface area contributed by atoms with E-state index in [1.807, 2.05) is 38.9 Å². The lowest BCUT2D eigenvalue weighted by molar-refractivity contribution is 0.529. The van der Waals surface area contributed by atoms with Crippen LogP contribution in [0.3, 0.4) is 0 Å². The Morgan fingerprint density at radius 1 is 1.47 bits per heavy atom. The smallest absolute Gasteiger partial charge is 0.202 e. The minimum Gasteiger partial charge on any atom is -0.469 e. The summed E-state index contributed by atoms with van der Waals surface area (Å²) in [5, 5.41) is 6.37. The number of aliphatic imine (C=N–C) groups is 2. The highest BCUT2D eigenvalue weighted by atomic mass is 16.3. The van der Waals surface area contributed by atoms with Gasteiger partial charge in [0.2, 0.25) is 5.96 Å². The van der Waals surface area contributed by atoms with Crippen LogP contribution in [0, 0.1) is 6.92 Å². The molecule has 0 saturated heterocycles. The quantitative estimate of drug-likeness (QED) is 0.852. The number of nitrogens with one attached hydrogen (secondary N) is 2. The average Bonchev–Trinajstić information content (AvgIpc) is 2.74. The Balaban J connectivity index is 1.93. The molecule has 2 heterocycles. The number of hydrogen-bond donors (Lipinski definition) is 2. The molecule has 1 aliphatic rings. The molecule has 6 nitrogen and oxygen atoms in total. The van der Waals surface area contributed by atoms with Crippen molar-refractivity contribution in [3.63, 3.8) is 0 Å². The fourth-order valence-electron chi connectivity index (χ4n) is 1.86. The predicted molar refractivity (Wildman–Crippen MR) is 76.3 cm³/mol. The first kappa shape index (κ1) is 13.5. The van der Waals surface area contributed by atoms with Gasteiger partial charge in [-0.25, -0.2) is 4.99 Å². The van der Waals surface area contributed by atoms with Crippen molar-refractivity contribution in [1.29, 1.82) is 0 Å². The second kappa shape index (κ2) is 5.77. The van der Waals surface area contributed by atoms with Crippen molar-refractivity contribution >= 4 is 11.9 Å². The van der Waals surface area contributed by atoms with Gasteiger partial charge in [-0.3, -0.25) is 10.3 Å². The van der Waals surface area contributed by atoms with Gasteiger partial charge in [0, 0.05) is 20.6 Å². The highest BCUT2D eigenvalue weighted by Crippen LogP contribution is 2.09. The van der Waals surface area contributed by atoms with Gasteiger partial charge in [0.05, 0.1) is 6.26 Å². The van der Waals surface area contributed by atoms with E-state index in [9.17, 15) is 0 Å². The van der Waals surface area contributed by atoms with Crippen LogP contribution >= 0.6 is 0 Å². The molecule has 0 spiro atoms. The summed E-state index contributed by atoms with van der Waals surface area (Å²) in [5.41, 5.74) is 1.20. The summed E-state index contributed by atoms with van der Waals surface area (Å²) in [6.45, 7) is 4.68. The maximum atomic E-state index is 5.27. The first-order chi connectivity index (χ1) is 9.06. The van der Waals surface area contributed by atoms with E-state index in [0.29, 0.717) is 6.54 Å². The van der Waals surface area contributed by atoms with Crippen LogP contribution in [-0.4, -0.2) is 43.6 Å². The molecular weight excluding hydrogens is 242 g/mol. The monoisotopic (exact) mass is 263 g/mol. The summed E-state index contributed by atoms with van der Waals surface area (Å²) in [6, 6.07) is 1.99. The third-order valence-corrected chi connectivity index (χ3v) is 2.93. The second-order valence-electron chi connectivity index (χ2n) is 4.77. The Morgan fingerprint density at radius 3 is 2.89 bits per heavy atom. The zero-order valence-corrected chi connectivity index (χ0v) is 11.9. The van der Waals surface area contributed by atoms with E-state index >= 15 is 0 Å². The van der Waals surface area contributed by atoms with Crippen LogP contribution in [0.1, 0.15) is 18.2 Å². The van der Waals surface area contributed by atoms with Gasteiger partial charge in [-0.15, -0.1) is 0 Å². The first-order valence-electron chi connectivity index (χ1n) is 6.42. The molecule has 19 heavy (non-hydrogen) atoms. The molecule has 0 bridgehead atoms. The summed E-state index contributed by atoms with van der Waals surface area (Å²) < 4.78 is 5.27. The SMILES string of the molecule is Cc1occc1CCN=C1NC(N(C)C)=NC(C)N1. The van der Waals surface area contributed by atoms with Crippen LogP contribution < -0.4 is 10.6 Å². The molecule has 1 aromatic heterocycles. The van der Waals surface area contributed by atoms with Crippen molar-refractivity contribution in [2.24, 2.45) is 9.98 Å². The van der Waals surface area contributed by atoms with Crippen molar-refractivity contribution < 1.29 is 4.42 Å². The van der Waals surface area contributed by atoms with Crippen LogP contribution in [0.5, 0.6) is 0 Å². The molecule has 1 aromatic rings. The van der Waals surface area contributed by atoms with Crippen molar-refractivity contribution in [1.82, 2.24) is 15.5 Å². The van der Waals surface area contributed by atoms with Crippen LogP contribution in [0.15, 0.2) is 26.7 Å². The van der Waals surface area contributed by atoms with Gasteiger partial charge in [-0.1, -0.05) is 0 Å². The number of nitrogens with zero attached hydrogens (tertiary/aromatic N) is 3. The Bertz CT molecular complexity index is 489. The standard InChI is InChI=1S/C13H21N5O/c1-9-11(6-8-19-9)5-7-14-12-15-10(2)16-13(17-12)18(3)4/h6,8,10H,5,7H2,1-4H3,(H2,14,15,16,17). The molecule has 0 fully saturated rings. The summed E-state index contributed by atoms with van der Waals surface area (Å²) in [6.07, 6.45) is 2.62. The molecule has 0 aliphatic carbocycles. The Morgan fingerprint density at radius 2 is 2.26 bits per heavy atom. The predicted octanol–water partition coefficient (Wildman–Crippen LogP) is 0.943. The van der Waals surface area contributed by atoms with Crippen LogP contribution in [-0.2, 0) is 6.42 Å². The summed E-state index contributed by atoms with van der Waals surface area (Å²) >= 11 is 0. The van der Waals surface area contributed by atoms with Gasteiger partial charge >= 0.3 is 0 Å². The maximum Gasteiger partial charge on any atom is 0.202 e. The minimum atomic E-state index is 0.0352. The summed E-state index contributed by atoms with van der Waals surface area (Å²) in [5.74, 6) is 2.56. The number of furan rings is 1. The van der Waals surface area contributed by atoms with Crippen molar-refractivity contribution in [3.8, 4) is 0 Å². The fourth-order valence-corrected chi connectivity index (χ4v) is 1.86. The lowest BCUT2D eigenvalue weighted by Crippen LogP contribution is -2.53. The molecular formula is C13H21N5O. The van der Waals surface area contributed by atoms with Gasteiger partial charge in [0.25, 0.3) is 0 Å². The molecule has 0 aromatic carbocycles. The van der Waals surface area contributed by atoms with E-state index in [1.165, 1.54) is 5.56 Å². The summed E-state index contributed by atoms with van der Waals surface area (Å²) in [4.78, 5) is 10.9. The van der Waals surface area contributed by atoms with Crippen molar-refractivity contribution in [2.75, 3.05) is 20.6 Å². The van der Waals surface area contributed by atoms with Crippen molar-refractivity contribution in [3.05, 3.63) is 23.7 Å². The minimum absolute atomic E-state index is 0.0352. The van der Waals surface area contributed by atoms with Gasteiger partial charge < -0.3 is 14.6 Å². The third-order valence-electron chi connectivity index (χ3n) is 2.93. The first-order valence-corrected chi connectivity index (χ1v) is 6.42. The number of rotatable bonds is 3. The number of aryl methyl sites for hydroxylation is 1. The normalized spacial score (nSPS) is 20.7. The van der Waals surface area contributed by atoms with Gasteiger partial charge in [-0.05, 0) is 31.9 Å². The van der Waals surface area contributed by atoms with E-state index in [0.717, 1.165) is 24.1 Å². The molecule has 1 aliphatic heterocycles. The van der Waals surface area contributed by atoms with Gasteiger partial charge in [-0.2, -0.15) is 0 Å². The van der Waals surface area contributed by atoms with Gasteiger partial charge in [0.1, 0.15) is 11.9 Å². The molecule has 1 atom stereocenters. The molecule has 0 saturated carbocycles. The third kappa shape index (κ3) is 3.49. The van der Waals surface area contributed by atoms with Crippen LogP contribution in [0.4, 0.5) is 0 Å². The average molecular weight is 263 g/mol. The van der Waals surface area contributed by atoms with Gasteiger partial charge in [0.15, 0.2) is 5.96 Å². The highest BCUT2D eigenvalue weighted by molar-refractivity contribution is 6.00. The molecule has 1 unspecified atom stereocenters. The molecule has 6 heteroatoms. The highest BCUT2D eigenvalue weighted by Gasteiger charge is 2.15. The molecule has 2 rings (SSSR count). The Labute approximate surface area is 113 Å². The lowest BCUT2D eigenvalue weighted by atomic mass is 10.2. The molecule has 104 valence electrons. The van der Waals surface area contributed by atoms with E-state index in [2.05, 4.69) is 20.6 Å².